The van der Waals surface area contributed by atoms with Crippen LogP contribution in [-0.2, 0) is 11.2 Å². The Morgan fingerprint density at radius 3 is 2.46 bits per heavy atom. The molecule has 0 aliphatic carbocycles. The van der Waals surface area contributed by atoms with Gasteiger partial charge in [-0.2, -0.15) is 0 Å². The van der Waals surface area contributed by atoms with Crippen LogP contribution in [0.4, 0.5) is 5.69 Å². The smallest absolute Gasteiger partial charge is 0.133 e. The first-order valence-corrected chi connectivity index (χ1v) is 8.74. The highest BCUT2D eigenvalue weighted by Crippen LogP contribution is 2.16. The highest BCUT2D eigenvalue weighted by Gasteiger charge is 2.16. The minimum absolute atomic E-state index is 0.704. The molecule has 5 heteroatoms. The number of nitrogens with zero attached hydrogens (tertiary/aromatic N) is 3. The Bertz CT molecular complexity index is 616. The molecule has 0 atom stereocenters. The molecule has 2 heterocycles. The van der Waals surface area contributed by atoms with Crippen molar-refractivity contribution in [3.05, 3.63) is 47.3 Å². The number of aromatic nitrogens is 1. The van der Waals surface area contributed by atoms with Crippen molar-refractivity contribution >= 4 is 5.69 Å². The van der Waals surface area contributed by atoms with Crippen LogP contribution in [0.2, 0.25) is 0 Å². The van der Waals surface area contributed by atoms with Crippen molar-refractivity contribution in [3.63, 3.8) is 0 Å². The molecule has 1 fully saturated rings. The topological polar surface area (TPSA) is 41.7 Å². The highest BCUT2D eigenvalue weighted by molar-refractivity contribution is 5.47. The second-order valence-corrected chi connectivity index (χ2v) is 6.46. The Balaban J connectivity index is 1.30. The molecule has 0 N–H and O–H groups in total. The Kier molecular flexibility index (Phi) is 5.88. The maximum atomic E-state index is 5.74. The molecule has 0 spiro atoms. The molecule has 1 aliphatic rings. The molecule has 24 heavy (non-hydrogen) atoms. The Labute approximate surface area is 144 Å². The third-order valence-electron chi connectivity index (χ3n) is 4.50. The van der Waals surface area contributed by atoms with Crippen LogP contribution in [0.15, 0.2) is 34.9 Å². The summed E-state index contributed by atoms with van der Waals surface area (Å²) in [5.41, 5.74) is 3.62. The molecule has 1 saturated heterocycles. The van der Waals surface area contributed by atoms with Crippen LogP contribution in [-0.4, -0.2) is 56.0 Å². The molecule has 0 radical (unpaired) electrons. The van der Waals surface area contributed by atoms with Gasteiger partial charge in [-0.15, -0.1) is 0 Å². The van der Waals surface area contributed by atoms with E-state index in [9.17, 15) is 0 Å². The fourth-order valence-electron chi connectivity index (χ4n) is 2.99. The molecule has 3 rings (SSSR count). The first-order chi connectivity index (χ1) is 11.7. The second kappa shape index (κ2) is 8.31. The number of piperazine rings is 1. The van der Waals surface area contributed by atoms with Crippen molar-refractivity contribution in [2.75, 3.05) is 50.8 Å². The van der Waals surface area contributed by atoms with E-state index in [1.165, 1.54) is 11.3 Å². The summed E-state index contributed by atoms with van der Waals surface area (Å²) in [5.74, 6) is 0.858. The van der Waals surface area contributed by atoms with Crippen LogP contribution >= 0.6 is 0 Å². The number of ether oxygens (including phenoxy) is 1. The largest absolute Gasteiger partial charge is 0.380 e. The van der Waals surface area contributed by atoms with Gasteiger partial charge in [-0.25, -0.2) is 0 Å². The van der Waals surface area contributed by atoms with Crippen LogP contribution in [0.25, 0.3) is 0 Å². The molecule has 0 amide bonds. The van der Waals surface area contributed by atoms with Gasteiger partial charge in [0.2, 0.25) is 0 Å². The quantitative estimate of drug-likeness (QED) is 0.731. The third-order valence-corrected chi connectivity index (χ3v) is 4.50. The van der Waals surface area contributed by atoms with Crippen molar-refractivity contribution in [1.82, 2.24) is 10.1 Å². The van der Waals surface area contributed by atoms with Gasteiger partial charge in [0.15, 0.2) is 0 Å². The Hall–Kier alpha value is -1.85. The molecule has 0 saturated carbocycles. The zero-order chi connectivity index (χ0) is 16.8. The summed E-state index contributed by atoms with van der Waals surface area (Å²) in [7, 11) is 0. The van der Waals surface area contributed by atoms with E-state index in [0.29, 0.717) is 6.61 Å². The standard InChI is InChI=1S/C19H27N3O2/c1-16-3-5-19(6-4-16)22-10-8-21(9-11-22)12-14-23-13-7-18-15-17(2)24-20-18/h3-6,15H,7-14H2,1-2H3. The maximum Gasteiger partial charge on any atom is 0.133 e. The molecular formula is C19H27N3O2. The summed E-state index contributed by atoms with van der Waals surface area (Å²) in [4.78, 5) is 4.94. The van der Waals surface area contributed by atoms with E-state index < -0.39 is 0 Å². The number of hydrogen-bond acceptors (Lipinski definition) is 5. The van der Waals surface area contributed by atoms with Gasteiger partial charge in [0.05, 0.1) is 18.9 Å². The summed E-state index contributed by atoms with van der Waals surface area (Å²) in [6, 6.07) is 10.8. The molecule has 1 aromatic heterocycles. The van der Waals surface area contributed by atoms with Gasteiger partial charge in [0.25, 0.3) is 0 Å². The maximum absolute atomic E-state index is 5.74. The lowest BCUT2D eigenvalue weighted by molar-refractivity contribution is 0.103. The minimum atomic E-state index is 0.704. The normalized spacial score (nSPS) is 15.8. The van der Waals surface area contributed by atoms with Gasteiger partial charge in [-0.1, -0.05) is 22.9 Å². The van der Waals surface area contributed by atoms with Crippen LogP contribution in [0.5, 0.6) is 0 Å². The average molecular weight is 329 g/mol. The number of rotatable bonds is 7. The lowest BCUT2D eigenvalue weighted by Gasteiger charge is -2.36. The van der Waals surface area contributed by atoms with Crippen molar-refractivity contribution < 1.29 is 9.26 Å². The first-order valence-electron chi connectivity index (χ1n) is 8.74. The molecule has 5 nitrogen and oxygen atoms in total. The van der Waals surface area contributed by atoms with Crippen LogP contribution in [0.1, 0.15) is 17.0 Å². The number of aryl methyl sites for hydroxylation is 2. The molecule has 1 aliphatic heterocycles. The molecule has 0 bridgehead atoms. The molecule has 1 aromatic carbocycles. The SMILES string of the molecule is Cc1ccc(N2CCN(CCOCCc3cc(C)on3)CC2)cc1. The van der Waals surface area contributed by atoms with E-state index in [1.807, 2.05) is 13.0 Å². The summed E-state index contributed by atoms with van der Waals surface area (Å²) >= 11 is 0. The highest BCUT2D eigenvalue weighted by atomic mass is 16.5. The van der Waals surface area contributed by atoms with Gasteiger partial charge in [0, 0.05) is 50.9 Å². The van der Waals surface area contributed by atoms with Gasteiger partial charge in [-0.05, 0) is 26.0 Å². The summed E-state index contributed by atoms with van der Waals surface area (Å²) in [5, 5.41) is 3.97. The van der Waals surface area contributed by atoms with E-state index in [1.54, 1.807) is 0 Å². The first kappa shape index (κ1) is 17.0. The van der Waals surface area contributed by atoms with Crippen LogP contribution < -0.4 is 4.90 Å². The van der Waals surface area contributed by atoms with Crippen LogP contribution in [0, 0.1) is 13.8 Å². The molecule has 130 valence electrons. The average Bonchev–Trinajstić information content (AvgIpc) is 3.01. The predicted octanol–water partition coefficient (Wildman–Crippen LogP) is 2.67. The van der Waals surface area contributed by atoms with E-state index in [0.717, 1.165) is 57.2 Å². The summed E-state index contributed by atoms with van der Waals surface area (Å²) < 4.78 is 10.8. The zero-order valence-electron chi connectivity index (χ0n) is 14.7. The van der Waals surface area contributed by atoms with E-state index >= 15 is 0 Å². The zero-order valence-corrected chi connectivity index (χ0v) is 14.7. The Morgan fingerprint density at radius 2 is 1.79 bits per heavy atom. The van der Waals surface area contributed by atoms with Gasteiger partial charge in [-0.3, -0.25) is 4.90 Å². The van der Waals surface area contributed by atoms with Crippen molar-refractivity contribution in [2.45, 2.75) is 20.3 Å². The van der Waals surface area contributed by atoms with Gasteiger partial charge < -0.3 is 14.2 Å². The summed E-state index contributed by atoms with van der Waals surface area (Å²) in [6.45, 7) is 10.9. The molecule has 2 aromatic rings. The predicted molar refractivity (Wildman–Crippen MR) is 95.6 cm³/mol. The van der Waals surface area contributed by atoms with Gasteiger partial charge in [0.1, 0.15) is 5.76 Å². The number of benzene rings is 1. The fourth-order valence-corrected chi connectivity index (χ4v) is 2.99. The molecule has 0 unspecified atom stereocenters. The summed E-state index contributed by atoms with van der Waals surface area (Å²) in [6.07, 6.45) is 0.818. The van der Waals surface area contributed by atoms with Crippen LogP contribution in [0.3, 0.4) is 0 Å². The number of hydrogen-bond donors (Lipinski definition) is 0. The fraction of sp³-hybridized carbons (Fsp3) is 0.526. The van der Waals surface area contributed by atoms with Gasteiger partial charge >= 0.3 is 0 Å². The molecular weight excluding hydrogens is 302 g/mol. The van der Waals surface area contributed by atoms with Crippen molar-refractivity contribution in [2.24, 2.45) is 0 Å². The van der Waals surface area contributed by atoms with E-state index in [2.05, 4.69) is 46.1 Å². The lowest BCUT2D eigenvalue weighted by atomic mass is 10.2. The minimum Gasteiger partial charge on any atom is -0.380 e. The second-order valence-electron chi connectivity index (χ2n) is 6.46. The Morgan fingerprint density at radius 1 is 1.04 bits per heavy atom. The van der Waals surface area contributed by atoms with E-state index in [-0.39, 0.29) is 0 Å². The third kappa shape index (κ3) is 4.82. The lowest BCUT2D eigenvalue weighted by Crippen LogP contribution is -2.47. The monoisotopic (exact) mass is 329 g/mol. The van der Waals surface area contributed by atoms with E-state index in [4.69, 9.17) is 9.26 Å². The number of anilines is 1. The van der Waals surface area contributed by atoms with Crippen molar-refractivity contribution in [1.29, 1.82) is 0 Å². The van der Waals surface area contributed by atoms with Crippen molar-refractivity contribution in [3.8, 4) is 0 Å².